The standard InChI is InChI=1S/C43H80NO9P/c1-3-5-7-9-11-13-15-16-17-18-19-20-21-22-23-24-25-27-29-31-33-35-42(45)53-40(38-51-54(48,49)52-39-41(44)43(46)47)37-50-36-34-32-30-28-26-14-12-10-8-6-4-2/h8,10,15-16,18-19,40-41H,3-7,9,11-14,17,20-39,44H2,1-2H3,(H,46,47)(H,48,49)/b10-8-,16-15-,19-18-. The molecule has 316 valence electrons. The van der Waals surface area contributed by atoms with Gasteiger partial charge in [-0.05, 0) is 64.2 Å². The summed E-state index contributed by atoms with van der Waals surface area (Å²) >= 11 is 0. The monoisotopic (exact) mass is 786 g/mol. The van der Waals surface area contributed by atoms with Crippen molar-refractivity contribution < 1.29 is 42.7 Å². The van der Waals surface area contributed by atoms with Gasteiger partial charge in [0, 0.05) is 13.0 Å². The summed E-state index contributed by atoms with van der Waals surface area (Å²) in [4.78, 5) is 33.5. The van der Waals surface area contributed by atoms with E-state index in [4.69, 9.17) is 29.4 Å². The van der Waals surface area contributed by atoms with Gasteiger partial charge in [-0.1, -0.05) is 153 Å². The summed E-state index contributed by atoms with van der Waals surface area (Å²) in [6.45, 7) is 3.80. The second kappa shape index (κ2) is 39.4. The van der Waals surface area contributed by atoms with Crippen molar-refractivity contribution in [2.45, 2.75) is 199 Å². The van der Waals surface area contributed by atoms with E-state index >= 15 is 0 Å². The van der Waals surface area contributed by atoms with E-state index in [2.05, 4.69) is 50.3 Å². The Labute approximate surface area is 329 Å². The molecular formula is C43H80NO9P. The van der Waals surface area contributed by atoms with E-state index in [1.165, 1.54) is 96.3 Å². The number of aliphatic carboxylic acids is 1. The van der Waals surface area contributed by atoms with Gasteiger partial charge in [0.1, 0.15) is 12.1 Å². The Kier molecular flexibility index (Phi) is 38.1. The molecule has 0 aromatic heterocycles. The van der Waals surface area contributed by atoms with Gasteiger partial charge in [0.05, 0.1) is 19.8 Å². The number of carboxylic acids is 1. The largest absolute Gasteiger partial charge is 0.480 e. The molecule has 4 N–H and O–H groups in total. The number of phosphoric acid groups is 1. The van der Waals surface area contributed by atoms with E-state index in [9.17, 15) is 19.0 Å². The predicted octanol–water partition coefficient (Wildman–Crippen LogP) is 11.7. The van der Waals surface area contributed by atoms with Crippen LogP contribution in [0.1, 0.15) is 187 Å². The Hall–Kier alpha value is -1.81. The second-order valence-electron chi connectivity index (χ2n) is 14.5. The summed E-state index contributed by atoms with van der Waals surface area (Å²) in [6, 6.07) is -1.47. The molecule has 0 saturated heterocycles. The zero-order chi connectivity index (χ0) is 39.8. The Morgan fingerprint density at radius 3 is 1.59 bits per heavy atom. The Bertz CT molecular complexity index is 1000. The molecule has 0 heterocycles. The number of nitrogens with two attached hydrogens (primary N) is 1. The summed E-state index contributed by atoms with van der Waals surface area (Å²) < 4.78 is 33.3. The van der Waals surface area contributed by atoms with Crippen LogP contribution in [-0.4, -0.2) is 60.5 Å². The maximum Gasteiger partial charge on any atom is 0.472 e. The fourth-order valence-electron chi connectivity index (χ4n) is 5.75. The van der Waals surface area contributed by atoms with E-state index in [1.54, 1.807) is 0 Å². The lowest BCUT2D eigenvalue weighted by Gasteiger charge is -2.20. The van der Waals surface area contributed by atoms with Crippen LogP contribution >= 0.6 is 7.82 Å². The first-order valence-corrected chi connectivity index (χ1v) is 23.0. The van der Waals surface area contributed by atoms with Gasteiger partial charge in [-0.25, -0.2) is 4.57 Å². The highest BCUT2D eigenvalue weighted by atomic mass is 31.2. The minimum Gasteiger partial charge on any atom is -0.480 e. The van der Waals surface area contributed by atoms with Crippen LogP contribution in [-0.2, 0) is 32.7 Å². The third-order valence-corrected chi connectivity index (χ3v) is 10.1. The fourth-order valence-corrected chi connectivity index (χ4v) is 6.53. The summed E-state index contributed by atoms with van der Waals surface area (Å²) in [7, 11) is -4.61. The normalized spacial score (nSPS) is 14.3. The van der Waals surface area contributed by atoms with Gasteiger partial charge < -0.3 is 25.2 Å². The lowest BCUT2D eigenvalue weighted by Crippen LogP contribution is -2.34. The van der Waals surface area contributed by atoms with Crippen LogP contribution in [0.5, 0.6) is 0 Å². The molecule has 3 unspecified atom stereocenters. The van der Waals surface area contributed by atoms with Crippen molar-refractivity contribution in [3.63, 3.8) is 0 Å². The number of rotatable bonds is 41. The minimum atomic E-state index is -4.61. The van der Waals surface area contributed by atoms with Crippen molar-refractivity contribution in [1.82, 2.24) is 0 Å². The topological polar surface area (TPSA) is 155 Å². The smallest absolute Gasteiger partial charge is 0.472 e. The molecule has 0 aromatic rings. The number of ether oxygens (including phenoxy) is 2. The van der Waals surface area contributed by atoms with Crippen molar-refractivity contribution in [3.05, 3.63) is 36.5 Å². The van der Waals surface area contributed by atoms with Gasteiger partial charge >= 0.3 is 19.8 Å². The van der Waals surface area contributed by atoms with E-state index in [0.29, 0.717) is 13.0 Å². The molecule has 0 amide bonds. The Balaban J connectivity index is 4.18. The lowest BCUT2D eigenvalue weighted by atomic mass is 10.1. The summed E-state index contributed by atoms with van der Waals surface area (Å²) in [6.07, 6.45) is 43.4. The zero-order valence-electron chi connectivity index (χ0n) is 34.3. The van der Waals surface area contributed by atoms with E-state index in [0.717, 1.165) is 64.2 Å². The first kappa shape index (κ1) is 52.2. The number of phosphoric ester groups is 1. The average Bonchev–Trinajstić information content (AvgIpc) is 3.15. The molecule has 0 radical (unpaired) electrons. The number of hydrogen-bond acceptors (Lipinski definition) is 8. The number of carbonyl (C=O) groups excluding carboxylic acids is 1. The number of carboxylic acid groups (broad SMARTS) is 1. The predicted molar refractivity (Wildman–Crippen MR) is 221 cm³/mol. The van der Waals surface area contributed by atoms with Crippen LogP contribution in [0, 0.1) is 0 Å². The first-order valence-electron chi connectivity index (χ1n) is 21.5. The fraction of sp³-hybridized carbons (Fsp3) is 0.814. The minimum absolute atomic E-state index is 0.0113. The van der Waals surface area contributed by atoms with Gasteiger partial charge in [-0.3, -0.25) is 18.6 Å². The molecule has 3 atom stereocenters. The molecule has 10 nitrogen and oxygen atoms in total. The molecule has 54 heavy (non-hydrogen) atoms. The molecule has 0 fully saturated rings. The number of esters is 1. The molecule has 0 spiro atoms. The molecule has 0 saturated carbocycles. The number of hydrogen-bond donors (Lipinski definition) is 3. The molecule has 11 heteroatoms. The number of unbranched alkanes of at least 4 members (excludes halogenated alkanes) is 21. The molecule has 0 aromatic carbocycles. The van der Waals surface area contributed by atoms with Gasteiger partial charge in [0.25, 0.3) is 0 Å². The van der Waals surface area contributed by atoms with Crippen molar-refractivity contribution in [1.29, 1.82) is 0 Å². The third kappa shape index (κ3) is 38.5. The first-order chi connectivity index (χ1) is 26.2. The van der Waals surface area contributed by atoms with Crippen LogP contribution in [0.2, 0.25) is 0 Å². The van der Waals surface area contributed by atoms with Crippen LogP contribution in [0.15, 0.2) is 36.5 Å². The van der Waals surface area contributed by atoms with Gasteiger partial charge in [0.15, 0.2) is 0 Å². The van der Waals surface area contributed by atoms with Gasteiger partial charge in [0.2, 0.25) is 0 Å². The van der Waals surface area contributed by atoms with Crippen molar-refractivity contribution >= 4 is 19.8 Å². The Morgan fingerprint density at radius 2 is 1.06 bits per heavy atom. The van der Waals surface area contributed by atoms with Crippen molar-refractivity contribution in [2.75, 3.05) is 26.4 Å². The van der Waals surface area contributed by atoms with Crippen LogP contribution in [0.4, 0.5) is 0 Å². The highest BCUT2D eigenvalue weighted by Crippen LogP contribution is 2.43. The highest BCUT2D eigenvalue weighted by molar-refractivity contribution is 7.47. The number of allylic oxidation sites excluding steroid dienone is 6. The molecule has 0 rings (SSSR count). The molecule has 0 bridgehead atoms. The van der Waals surface area contributed by atoms with Crippen molar-refractivity contribution in [2.24, 2.45) is 5.73 Å². The third-order valence-electron chi connectivity index (χ3n) is 9.12. The van der Waals surface area contributed by atoms with Crippen molar-refractivity contribution in [3.8, 4) is 0 Å². The van der Waals surface area contributed by atoms with Gasteiger partial charge in [-0.2, -0.15) is 0 Å². The van der Waals surface area contributed by atoms with Crippen LogP contribution in [0.25, 0.3) is 0 Å². The SMILES string of the molecule is CCC/C=C\CCCCCCCCOCC(COP(=O)(O)OCC(N)C(=O)O)OC(=O)CCCCCCCCCCC/C=C\C/C=C\CCCCCCC. The number of carbonyl (C=O) groups is 2. The van der Waals surface area contributed by atoms with Gasteiger partial charge in [-0.15, -0.1) is 0 Å². The highest BCUT2D eigenvalue weighted by Gasteiger charge is 2.27. The molecular weight excluding hydrogens is 705 g/mol. The van der Waals surface area contributed by atoms with Crippen LogP contribution < -0.4 is 5.73 Å². The molecule has 0 aliphatic rings. The molecule has 0 aliphatic carbocycles. The van der Waals surface area contributed by atoms with E-state index in [1.807, 2.05) is 0 Å². The summed E-state index contributed by atoms with van der Waals surface area (Å²) in [5.74, 6) is -1.78. The van der Waals surface area contributed by atoms with E-state index in [-0.39, 0.29) is 13.0 Å². The molecule has 0 aliphatic heterocycles. The zero-order valence-corrected chi connectivity index (χ0v) is 35.2. The average molecular weight is 786 g/mol. The van der Waals surface area contributed by atoms with Crippen LogP contribution in [0.3, 0.4) is 0 Å². The maximum absolute atomic E-state index is 12.6. The maximum atomic E-state index is 12.6. The Morgan fingerprint density at radius 1 is 0.593 bits per heavy atom. The lowest BCUT2D eigenvalue weighted by molar-refractivity contribution is -0.154. The second-order valence-corrected chi connectivity index (χ2v) is 15.9. The quantitative estimate of drug-likeness (QED) is 0.0236. The summed E-state index contributed by atoms with van der Waals surface area (Å²) in [5, 5.41) is 8.88. The summed E-state index contributed by atoms with van der Waals surface area (Å²) in [5.41, 5.74) is 5.35. The van der Waals surface area contributed by atoms with E-state index < -0.39 is 45.1 Å².